The number of carbonyl (C=O) groups excluding carboxylic acids is 1. The molecule has 0 aliphatic heterocycles. The highest BCUT2D eigenvalue weighted by atomic mass is 35.5. The van der Waals surface area contributed by atoms with Gasteiger partial charge in [0.05, 0.1) is 12.8 Å². The van der Waals surface area contributed by atoms with Crippen molar-refractivity contribution in [1.29, 1.82) is 0 Å². The number of hydrogen-bond donors (Lipinski definition) is 2. The van der Waals surface area contributed by atoms with Crippen LogP contribution in [0.1, 0.15) is 17.2 Å². The van der Waals surface area contributed by atoms with E-state index in [0.29, 0.717) is 18.0 Å². The fraction of sp³-hybridized carbons (Fsp3) is 0.273. The van der Waals surface area contributed by atoms with Crippen molar-refractivity contribution < 1.29 is 14.3 Å². The summed E-state index contributed by atoms with van der Waals surface area (Å²) < 4.78 is 12.6. The molecule has 2 aromatic carbocycles. The molecule has 0 bridgehead atoms. The lowest BCUT2D eigenvalue weighted by atomic mass is 10.1. The number of ether oxygens (including phenoxy) is 2. The van der Waals surface area contributed by atoms with Gasteiger partial charge in [0.15, 0.2) is 0 Å². The third kappa shape index (κ3) is 6.32. The maximum atomic E-state index is 12.6. The Morgan fingerprint density at radius 3 is 2.27 bits per heavy atom. The largest absolute Gasteiger partial charge is 0.457 e. The van der Waals surface area contributed by atoms with Gasteiger partial charge in [-0.05, 0) is 55.4 Å². The molecule has 8 heteroatoms. The predicted octanol–water partition coefficient (Wildman–Crippen LogP) is 3.72. The highest BCUT2D eigenvalue weighted by Gasteiger charge is 2.20. The highest BCUT2D eigenvalue weighted by molar-refractivity contribution is 5.95. The van der Waals surface area contributed by atoms with E-state index in [1.54, 1.807) is 25.0 Å². The molecule has 1 amide bonds. The van der Waals surface area contributed by atoms with E-state index in [4.69, 9.17) is 9.47 Å². The topological polar surface area (TPSA) is 77.4 Å². The predicted molar refractivity (Wildman–Crippen MR) is 119 cm³/mol. The lowest BCUT2D eigenvalue weighted by Gasteiger charge is -2.15. The minimum atomic E-state index is -0.476. The van der Waals surface area contributed by atoms with E-state index < -0.39 is 6.04 Å². The van der Waals surface area contributed by atoms with Crippen LogP contribution in [0, 0.1) is 0 Å². The zero-order valence-corrected chi connectivity index (χ0v) is 18.1. The number of aromatic nitrogens is 2. The maximum Gasteiger partial charge on any atom is 0.246 e. The Morgan fingerprint density at radius 2 is 1.73 bits per heavy atom. The molecule has 3 rings (SSSR count). The molecule has 1 heterocycles. The zero-order valence-electron chi connectivity index (χ0n) is 17.3. The van der Waals surface area contributed by atoms with Crippen LogP contribution in [0.15, 0.2) is 60.9 Å². The van der Waals surface area contributed by atoms with Crippen molar-refractivity contribution in [2.24, 2.45) is 7.05 Å². The average Bonchev–Trinajstić information content (AvgIpc) is 3.15. The molecule has 3 aromatic rings. The molecule has 1 atom stereocenters. The van der Waals surface area contributed by atoms with E-state index in [1.165, 1.54) is 5.56 Å². The van der Waals surface area contributed by atoms with E-state index in [-0.39, 0.29) is 18.3 Å². The quantitative estimate of drug-likeness (QED) is 0.541. The summed E-state index contributed by atoms with van der Waals surface area (Å²) in [6.45, 7) is 0.697. The molecule has 0 aliphatic rings. The number of hydrogen-bond acceptors (Lipinski definition) is 5. The minimum Gasteiger partial charge on any atom is -0.457 e. The molecule has 7 nitrogen and oxygen atoms in total. The van der Waals surface area contributed by atoms with Crippen LogP contribution >= 0.6 is 12.4 Å². The van der Waals surface area contributed by atoms with E-state index >= 15 is 0 Å². The van der Waals surface area contributed by atoms with Gasteiger partial charge in [0, 0.05) is 31.6 Å². The fourth-order valence-electron chi connectivity index (χ4n) is 2.94. The summed E-state index contributed by atoms with van der Waals surface area (Å²) in [5.41, 5.74) is 2.70. The zero-order chi connectivity index (χ0) is 20.6. The summed E-state index contributed by atoms with van der Waals surface area (Å²) in [6.07, 6.45) is 4.37. The second-order valence-corrected chi connectivity index (χ2v) is 6.67. The monoisotopic (exact) mass is 430 g/mol. The lowest BCUT2D eigenvalue weighted by molar-refractivity contribution is -0.118. The first-order valence-corrected chi connectivity index (χ1v) is 9.41. The van der Waals surface area contributed by atoms with Gasteiger partial charge in [-0.15, -0.1) is 12.4 Å². The maximum absolute atomic E-state index is 12.6. The Labute approximate surface area is 182 Å². The Balaban J connectivity index is 0.00000320. The van der Waals surface area contributed by atoms with Gasteiger partial charge >= 0.3 is 0 Å². The summed E-state index contributed by atoms with van der Waals surface area (Å²) >= 11 is 0. The number of amides is 1. The molecule has 0 radical (unpaired) electrons. The molecular weight excluding hydrogens is 404 g/mol. The van der Waals surface area contributed by atoms with Gasteiger partial charge in [0.25, 0.3) is 0 Å². The number of aryl methyl sites for hydroxylation is 1. The van der Waals surface area contributed by atoms with Crippen molar-refractivity contribution in [3.63, 3.8) is 0 Å². The van der Waals surface area contributed by atoms with Crippen molar-refractivity contribution in [2.45, 2.75) is 12.5 Å². The summed E-state index contributed by atoms with van der Waals surface area (Å²) in [6, 6.07) is 14.7. The van der Waals surface area contributed by atoms with E-state index in [2.05, 4.69) is 15.7 Å². The number of anilines is 1. The molecule has 2 N–H and O–H groups in total. The number of rotatable bonds is 9. The summed E-state index contributed by atoms with van der Waals surface area (Å²) in [5.74, 6) is 1.31. The Hall–Kier alpha value is -2.87. The van der Waals surface area contributed by atoms with Crippen LogP contribution in [0.25, 0.3) is 0 Å². The molecular formula is C22H27ClN4O3. The van der Waals surface area contributed by atoms with Gasteiger partial charge in [0.2, 0.25) is 5.91 Å². The molecule has 1 aromatic heterocycles. The molecule has 160 valence electrons. The van der Waals surface area contributed by atoms with Crippen LogP contribution in [0.5, 0.6) is 11.5 Å². The normalized spacial score (nSPS) is 11.4. The molecule has 30 heavy (non-hydrogen) atoms. The minimum absolute atomic E-state index is 0. The van der Waals surface area contributed by atoms with E-state index in [1.807, 2.05) is 61.8 Å². The van der Waals surface area contributed by atoms with Crippen molar-refractivity contribution in [3.05, 3.63) is 72.1 Å². The van der Waals surface area contributed by atoms with Crippen LogP contribution in [0.4, 0.5) is 5.69 Å². The van der Waals surface area contributed by atoms with Gasteiger partial charge in [0.1, 0.15) is 17.5 Å². The molecule has 0 saturated heterocycles. The van der Waals surface area contributed by atoms with Gasteiger partial charge in [-0.2, -0.15) is 5.10 Å². The highest BCUT2D eigenvalue weighted by Crippen LogP contribution is 2.24. The summed E-state index contributed by atoms with van der Waals surface area (Å²) in [7, 11) is 5.26. The summed E-state index contributed by atoms with van der Waals surface area (Å²) in [5, 5.41) is 10.0. The number of methoxy groups -OCH3 is 1. The number of benzene rings is 2. The Kier molecular flexibility index (Phi) is 8.86. The van der Waals surface area contributed by atoms with Gasteiger partial charge in [-0.1, -0.05) is 12.1 Å². The number of halogens is 1. The van der Waals surface area contributed by atoms with E-state index in [0.717, 1.165) is 17.7 Å². The van der Waals surface area contributed by atoms with Crippen LogP contribution in [-0.4, -0.2) is 36.5 Å². The fourth-order valence-corrected chi connectivity index (χ4v) is 2.94. The second-order valence-electron chi connectivity index (χ2n) is 6.67. The standard InChI is InChI=1S/C22H26N4O3.ClH/c1-23-21(17-14-24-26(2)15-17)22(27)25-18-6-10-20(11-7-18)29-19-8-4-16(5-9-19)12-13-28-3;/h4-11,14-15,21,23H,12-13H2,1-3H3,(H,25,27);1H. The van der Waals surface area contributed by atoms with Crippen molar-refractivity contribution in [2.75, 3.05) is 26.1 Å². The second kappa shape index (κ2) is 11.3. The van der Waals surface area contributed by atoms with Crippen LogP contribution in [-0.2, 0) is 23.0 Å². The summed E-state index contributed by atoms with van der Waals surface area (Å²) in [4.78, 5) is 12.6. The lowest BCUT2D eigenvalue weighted by Crippen LogP contribution is -2.30. The average molecular weight is 431 g/mol. The number of nitrogens with one attached hydrogen (secondary N) is 2. The molecule has 0 aliphatic carbocycles. The molecule has 1 unspecified atom stereocenters. The smallest absolute Gasteiger partial charge is 0.246 e. The van der Waals surface area contributed by atoms with Crippen LogP contribution in [0.3, 0.4) is 0 Å². The Bertz CT molecular complexity index is 926. The van der Waals surface area contributed by atoms with Gasteiger partial charge < -0.3 is 20.1 Å². The van der Waals surface area contributed by atoms with Gasteiger partial charge in [-0.25, -0.2) is 0 Å². The van der Waals surface area contributed by atoms with Gasteiger partial charge in [-0.3, -0.25) is 9.48 Å². The van der Waals surface area contributed by atoms with Crippen molar-refractivity contribution in [3.8, 4) is 11.5 Å². The van der Waals surface area contributed by atoms with E-state index in [9.17, 15) is 4.79 Å². The first-order chi connectivity index (χ1) is 14.1. The van der Waals surface area contributed by atoms with Crippen molar-refractivity contribution in [1.82, 2.24) is 15.1 Å². The Morgan fingerprint density at radius 1 is 1.10 bits per heavy atom. The SMILES string of the molecule is CNC(C(=O)Nc1ccc(Oc2ccc(CCOC)cc2)cc1)c1cnn(C)c1.Cl. The van der Waals surface area contributed by atoms with Crippen LogP contribution < -0.4 is 15.4 Å². The molecule has 0 fully saturated rings. The third-order valence-corrected chi connectivity index (χ3v) is 4.48. The first-order valence-electron chi connectivity index (χ1n) is 9.41. The third-order valence-electron chi connectivity index (χ3n) is 4.48. The molecule has 0 saturated carbocycles. The van der Waals surface area contributed by atoms with Crippen LogP contribution in [0.2, 0.25) is 0 Å². The number of carbonyl (C=O) groups is 1. The first kappa shape index (κ1) is 23.4. The number of nitrogens with zero attached hydrogens (tertiary/aromatic N) is 2. The molecule has 0 spiro atoms. The van der Waals surface area contributed by atoms with Crippen molar-refractivity contribution >= 4 is 24.0 Å². The number of likely N-dealkylation sites (N-methyl/N-ethyl adjacent to an activating group) is 1.